The van der Waals surface area contributed by atoms with Crippen molar-refractivity contribution >= 4 is 40.4 Å². The van der Waals surface area contributed by atoms with Gasteiger partial charge in [0.05, 0.1) is 21.4 Å². The smallest absolute Gasteiger partial charge is 0.274 e. The molecule has 0 unspecified atom stereocenters. The third-order valence-corrected chi connectivity index (χ3v) is 3.64. The fraction of sp³-hybridized carbons (Fsp3) is 0.0667. The first-order valence-corrected chi connectivity index (χ1v) is 7.12. The molecule has 0 bridgehead atoms. The van der Waals surface area contributed by atoms with Gasteiger partial charge in [0.2, 0.25) is 0 Å². The van der Waals surface area contributed by atoms with Gasteiger partial charge in [-0.05, 0) is 25.1 Å². The van der Waals surface area contributed by atoms with Gasteiger partial charge < -0.3 is 5.32 Å². The van der Waals surface area contributed by atoms with E-state index in [1.807, 2.05) is 0 Å². The lowest BCUT2D eigenvalue weighted by molar-refractivity contribution is 0.102. The lowest BCUT2D eigenvalue weighted by Crippen LogP contribution is -2.16. The Balaban J connectivity index is 2.08. The maximum Gasteiger partial charge on any atom is 0.274 e. The molecule has 2 aromatic heterocycles. The molecule has 1 amide bonds. The highest BCUT2D eigenvalue weighted by Gasteiger charge is 2.19. The van der Waals surface area contributed by atoms with Gasteiger partial charge in [0.1, 0.15) is 11.5 Å². The molecule has 0 aliphatic rings. The van der Waals surface area contributed by atoms with E-state index in [4.69, 9.17) is 23.2 Å². The molecule has 3 rings (SSSR count). The van der Waals surface area contributed by atoms with Crippen molar-refractivity contribution in [1.82, 2.24) is 9.38 Å². The van der Waals surface area contributed by atoms with Crippen molar-refractivity contribution in [1.29, 1.82) is 0 Å². The lowest BCUT2D eigenvalue weighted by atomic mass is 10.2. The number of imidazole rings is 1. The maximum absolute atomic E-state index is 13.7. The standard InChI is InChI=1S/C15H10Cl2FN3O/c1-8-13(15(22)20-12-5-3-2-4-11(12)18)21-7-9(16)6-10(17)14(21)19-8/h2-7H,1H3,(H,20,22). The van der Waals surface area contributed by atoms with Gasteiger partial charge in [0, 0.05) is 6.20 Å². The summed E-state index contributed by atoms with van der Waals surface area (Å²) in [4.78, 5) is 16.7. The molecule has 0 atom stereocenters. The van der Waals surface area contributed by atoms with Gasteiger partial charge in [-0.25, -0.2) is 9.37 Å². The molecule has 0 aliphatic carbocycles. The number of hydrogen-bond donors (Lipinski definition) is 1. The van der Waals surface area contributed by atoms with E-state index in [1.165, 1.54) is 16.5 Å². The molecular formula is C15H10Cl2FN3O. The summed E-state index contributed by atoms with van der Waals surface area (Å²) in [6.07, 6.45) is 1.54. The Morgan fingerprint density at radius 1 is 1.32 bits per heavy atom. The Kier molecular flexibility index (Phi) is 3.76. The van der Waals surface area contributed by atoms with E-state index in [0.717, 1.165) is 0 Å². The van der Waals surface area contributed by atoms with Crippen LogP contribution < -0.4 is 5.32 Å². The van der Waals surface area contributed by atoms with Crippen molar-refractivity contribution in [2.75, 3.05) is 5.32 Å². The number of hydrogen-bond acceptors (Lipinski definition) is 2. The van der Waals surface area contributed by atoms with E-state index in [-0.39, 0.29) is 11.4 Å². The van der Waals surface area contributed by atoms with Crippen LogP contribution in [0.25, 0.3) is 5.65 Å². The number of halogens is 3. The highest BCUT2D eigenvalue weighted by Crippen LogP contribution is 2.25. The Morgan fingerprint density at radius 3 is 2.77 bits per heavy atom. The largest absolute Gasteiger partial charge is 0.318 e. The highest BCUT2D eigenvalue weighted by atomic mass is 35.5. The minimum Gasteiger partial charge on any atom is -0.318 e. The van der Waals surface area contributed by atoms with Crippen LogP contribution in [0.3, 0.4) is 0 Å². The zero-order valence-electron chi connectivity index (χ0n) is 11.4. The fourth-order valence-corrected chi connectivity index (χ4v) is 2.72. The molecule has 0 fully saturated rings. The Bertz CT molecular complexity index is 892. The van der Waals surface area contributed by atoms with Crippen LogP contribution >= 0.6 is 23.2 Å². The second kappa shape index (κ2) is 5.59. The molecule has 22 heavy (non-hydrogen) atoms. The third kappa shape index (κ3) is 2.53. The van der Waals surface area contributed by atoms with E-state index in [2.05, 4.69) is 10.3 Å². The van der Waals surface area contributed by atoms with Crippen molar-refractivity contribution in [3.05, 3.63) is 63.8 Å². The predicted octanol–water partition coefficient (Wildman–Crippen LogP) is 4.34. The van der Waals surface area contributed by atoms with Crippen LogP contribution in [0, 0.1) is 12.7 Å². The number of benzene rings is 1. The van der Waals surface area contributed by atoms with Crippen molar-refractivity contribution in [2.24, 2.45) is 0 Å². The van der Waals surface area contributed by atoms with Crippen molar-refractivity contribution in [2.45, 2.75) is 6.92 Å². The van der Waals surface area contributed by atoms with E-state index in [9.17, 15) is 9.18 Å². The predicted molar refractivity (Wildman–Crippen MR) is 84.3 cm³/mol. The first kappa shape index (κ1) is 14.8. The molecule has 0 saturated heterocycles. The Labute approximate surface area is 135 Å². The number of amides is 1. The van der Waals surface area contributed by atoms with Crippen molar-refractivity contribution in [3.63, 3.8) is 0 Å². The number of carbonyl (C=O) groups excluding carboxylic acids is 1. The summed E-state index contributed by atoms with van der Waals surface area (Å²) < 4.78 is 15.2. The van der Waals surface area contributed by atoms with Crippen LogP contribution in [-0.2, 0) is 0 Å². The number of rotatable bonds is 2. The molecule has 0 spiro atoms. The van der Waals surface area contributed by atoms with Gasteiger partial charge in [0.25, 0.3) is 5.91 Å². The summed E-state index contributed by atoms with van der Waals surface area (Å²) in [7, 11) is 0. The molecule has 1 N–H and O–H groups in total. The highest BCUT2D eigenvalue weighted by molar-refractivity contribution is 6.36. The summed E-state index contributed by atoms with van der Waals surface area (Å²) in [5.41, 5.74) is 1.23. The fourth-order valence-electron chi connectivity index (χ4n) is 2.20. The third-order valence-electron chi connectivity index (χ3n) is 3.15. The van der Waals surface area contributed by atoms with Gasteiger partial charge in [-0.1, -0.05) is 35.3 Å². The maximum atomic E-state index is 13.7. The number of nitrogens with zero attached hydrogens (tertiary/aromatic N) is 2. The molecule has 2 heterocycles. The molecule has 0 saturated carbocycles. The molecular weight excluding hydrogens is 328 g/mol. The Morgan fingerprint density at radius 2 is 2.05 bits per heavy atom. The molecule has 3 aromatic rings. The van der Waals surface area contributed by atoms with Crippen molar-refractivity contribution in [3.8, 4) is 0 Å². The lowest BCUT2D eigenvalue weighted by Gasteiger charge is -2.07. The van der Waals surface area contributed by atoms with E-state index in [0.29, 0.717) is 21.4 Å². The monoisotopic (exact) mass is 337 g/mol. The van der Waals surface area contributed by atoms with Crippen LogP contribution in [0.4, 0.5) is 10.1 Å². The molecule has 7 heteroatoms. The molecule has 1 aromatic carbocycles. The van der Waals surface area contributed by atoms with Crippen LogP contribution in [0.1, 0.15) is 16.2 Å². The van der Waals surface area contributed by atoms with E-state index < -0.39 is 11.7 Å². The summed E-state index contributed by atoms with van der Waals surface area (Å²) in [5.74, 6) is -1.01. The number of anilines is 1. The number of carbonyl (C=O) groups is 1. The average Bonchev–Trinajstić information content (AvgIpc) is 2.78. The molecule has 112 valence electrons. The number of nitrogens with one attached hydrogen (secondary N) is 1. The number of aryl methyl sites for hydroxylation is 1. The second-order valence-corrected chi connectivity index (χ2v) is 5.52. The van der Waals surface area contributed by atoms with Crippen LogP contribution in [0.5, 0.6) is 0 Å². The van der Waals surface area contributed by atoms with E-state index in [1.54, 1.807) is 31.3 Å². The van der Waals surface area contributed by atoms with Crippen LogP contribution in [-0.4, -0.2) is 15.3 Å². The first-order valence-electron chi connectivity index (χ1n) is 6.37. The average molecular weight is 338 g/mol. The SMILES string of the molecule is Cc1nc2c(Cl)cc(Cl)cn2c1C(=O)Nc1ccccc1F. The summed E-state index contributed by atoms with van der Waals surface area (Å²) >= 11 is 12.0. The summed E-state index contributed by atoms with van der Waals surface area (Å²) in [6, 6.07) is 7.47. The van der Waals surface area contributed by atoms with Gasteiger partial charge in [-0.15, -0.1) is 0 Å². The number of pyridine rings is 1. The topological polar surface area (TPSA) is 46.4 Å². The van der Waals surface area contributed by atoms with Gasteiger partial charge in [-0.2, -0.15) is 0 Å². The van der Waals surface area contributed by atoms with Crippen LogP contribution in [0.15, 0.2) is 36.5 Å². The van der Waals surface area contributed by atoms with E-state index >= 15 is 0 Å². The second-order valence-electron chi connectivity index (χ2n) is 4.68. The zero-order valence-corrected chi connectivity index (χ0v) is 12.9. The first-order chi connectivity index (χ1) is 10.5. The molecule has 0 radical (unpaired) electrons. The summed E-state index contributed by atoms with van der Waals surface area (Å²) in [5, 5.41) is 3.23. The normalized spacial score (nSPS) is 10.9. The quantitative estimate of drug-likeness (QED) is 0.755. The molecule has 4 nitrogen and oxygen atoms in total. The number of aromatic nitrogens is 2. The molecule has 0 aliphatic heterocycles. The zero-order chi connectivity index (χ0) is 15.9. The number of para-hydroxylation sites is 1. The van der Waals surface area contributed by atoms with Crippen LogP contribution in [0.2, 0.25) is 10.0 Å². The van der Waals surface area contributed by atoms with Gasteiger partial charge >= 0.3 is 0 Å². The van der Waals surface area contributed by atoms with Gasteiger partial charge in [-0.3, -0.25) is 9.20 Å². The van der Waals surface area contributed by atoms with Gasteiger partial charge in [0.15, 0.2) is 5.65 Å². The summed E-state index contributed by atoms with van der Waals surface area (Å²) in [6.45, 7) is 1.67. The minimum atomic E-state index is -0.515. The Hall–Kier alpha value is -2.11. The minimum absolute atomic E-state index is 0.0926. The number of fused-ring (bicyclic) bond motifs is 1. The van der Waals surface area contributed by atoms with Crippen molar-refractivity contribution < 1.29 is 9.18 Å².